The van der Waals surface area contributed by atoms with Crippen LogP contribution in [0.25, 0.3) is 11.0 Å². The highest BCUT2D eigenvalue weighted by atomic mass is 32.1. The predicted octanol–water partition coefficient (Wildman–Crippen LogP) is 3.19. The lowest BCUT2D eigenvalue weighted by Crippen LogP contribution is -2.32. The van der Waals surface area contributed by atoms with Gasteiger partial charge in [0.2, 0.25) is 5.91 Å². The lowest BCUT2D eigenvalue weighted by molar-refractivity contribution is -0.136. The number of hydrogen-bond acceptors (Lipinski definition) is 6. The Morgan fingerprint density at radius 1 is 1.10 bits per heavy atom. The number of thiol groups is 1. The van der Waals surface area contributed by atoms with Crippen molar-refractivity contribution in [3.05, 3.63) is 69.6 Å². The van der Waals surface area contributed by atoms with E-state index in [0.717, 1.165) is 17.7 Å². The zero-order chi connectivity index (χ0) is 22.8. The summed E-state index contributed by atoms with van der Waals surface area (Å²) in [5.41, 5.74) is 4.68. The Balaban J connectivity index is 1.70. The molecule has 4 N–H and O–H groups in total. The molecule has 31 heavy (non-hydrogen) atoms. The number of nitrogens with one attached hydrogen (secondary N) is 2. The summed E-state index contributed by atoms with van der Waals surface area (Å²) in [6.45, 7) is -0.405. The maximum Gasteiger partial charge on any atom is 0.417 e. The third-order valence-electron chi connectivity index (χ3n) is 4.32. The first-order chi connectivity index (χ1) is 14.6. The number of nitrogen functional groups attached to an aromatic ring is 1. The fourth-order valence-electron chi connectivity index (χ4n) is 2.82. The van der Waals surface area contributed by atoms with Gasteiger partial charge < -0.3 is 20.8 Å². The Kier molecular flexibility index (Phi) is 6.25. The Bertz CT molecular complexity index is 1220. The van der Waals surface area contributed by atoms with E-state index in [-0.39, 0.29) is 22.2 Å². The zero-order valence-corrected chi connectivity index (χ0v) is 16.6. The average molecular weight is 451 g/mol. The molecule has 7 nitrogen and oxygen atoms in total. The molecule has 0 saturated carbocycles. The van der Waals surface area contributed by atoms with Gasteiger partial charge in [-0.1, -0.05) is 6.07 Å². The molecule has 11 heteroatoms. The third kappa shape index (κ3) is 5.18. The molecule has 162 valence electrons. The quantitative estimate of drug-likeness (QED) is 0.270. The van der Waals surface area contributed by atoms with E-state index in [1.807, 2.05) is 0 Å². The van der Waals surface area contributed by atoms with Crippen molar-refractivity contribution < 1.29 is 27.2 Å². The molecule has 3 rings (SSSR count). The summed E-state index contributed by atoms with van der Waals surface area (Å²) in [4.78, 5) is 35.7. The second-order valence-electron chi connectivity index (χ2n) is 6.49. The average Bonchev–Trinajstić information content (AvgIpc) is 2.70. The van der Waals surface area contributed by atoms with Crippen LogP contribution < -0.4 is 22.0 Å². The van der Waals surface area contributed by atoms with Gasteiger partial charge >= 0.3 is 11.8 Å². The molecule has 0 radical (unpaired) electrons. The number of carbonyl (C=O) groups is 2. The fourth-order valence-corrected chi connectivity index (χ4v) is 3.11. The van der Waals surface area contributed by atoms with Crippen molar-refractivity contribution in [2.45, 2.75) is 11.9 Å². The number of rotatable bonds is 5. The normalized spacial score (nSPS) is 11.4. The highest BCUT2D eigenvalue weighted by molar-refractivity contribution is 7.79. The molecule has 0 spiro atoms. The van der Waals surface area contributed by atoms with Crippen LogP contribution in [0.1, 0.15) is 21.5 Å². The van der Waals surface area contributed by atoms with Gasteiger partial charge in [0.15, 0.2) is 0 Å². The molecule has 0 unspecified atom stereocenters. The second-order valence-corrected chi connectivity index (χ2v) is 6.81. The SMILES string of the molecule is Nc1cc(C(=O)NCC(=O)Nc2ccc3c(C(F)(F)F)cc(=O)oc3c2)ccc1CS. The van der Waals surface area contributed by atoms with Crippen molar-refractivity contribution in [2.75, 3.05) is 17.6 Å². The second kappa shape index (κ2) is 8.72. The Morgan fingerprint density at radius 2 is 1.84 bits per heavy atom. The van der Waals surface area contributed by atoms with Crippen LogP contribution >= 0.6 is 12.6 Å². The van der Waals surface area contributed by atoms with Gasteiger partial charge in [0.1, 0.15) is 5.58 Å². The molecular weight excluding hydrogens is 435 g/mol. The molecule has 0 aliphatic carbocycles. The van der Waals surface area contributed by atoms with E-state index in [2.05, 4.69) is 23.3 Å². The summed E-state index contributed by atoms with van der Waals surface area (Å²) in [6.07, 6.45) is -4.74. The molecule has 0 bridgehead atoms. The number of halogens is 3. The Labute approximate surface area is 178 Å². The van der Waals surface area contributed by atoms with E-state index < -0.39 is 35.7 Å². The Hall–Kier alpha value is -3.47. The van der Waals surface area contributed by atoms with Gasteiger partial charge in [-0.25, -0.2) is 4.79 Å². The van der Waals surface area contributed by atoms with E-state index in [9.17, 15) is 27.6 Å². The molecule has 0 atom stereocenters. The van der Waals surface area contributed by atoms with Crippen molar-refractivity contribution in [3.8, 4) is 0 Å². The molecule has 0 saturated heterocycles. The number of hydrogen-bond donors (Lipinski definition) is 4. The monoisotopic (exact) mass is 451 g/mol. The summed E-state index contributed by atoms with van der Waals surface area (Å²) in [7, 11) is 0. The van der Waals surface area contributed by atoms with E-state index >= 15 is 0 Å². The topological polar surface area (TPSA) is 114 Å². The molecule has 0 fully saturated rings. The first-order valence-corrected chi connectivity index (χ1v) is 9.44. The van der Waals surface area contributed by atoms with Crippen LogP contribution in [0.3, 0.4) is 0 Å². The number of nitrogens with two attached hydrogens (primary N) is 1. The summed E-state index contributed by atoms with van der Waals surface area (Å²) in [5, 5.41) is 4.51. The molecule has 3 aromatic rings. The molecule has 2 aromatic carbocycles. The van der Waals surface area contributed by atoms with Gasteiger partial charge in [-0.3, -0.25) is 9.59 Å². The third-order valence-corrected chi connectivity index (χ3v) is 4.66. The lowest BCUT2D eigenvalue weighted by Gasteiger charge is -2.11. The van der Waals surface area contributed by atoms with Crippen molar-refractivity contribution in [2.24, 2.45) is 0 Å². The van der Waals surface area contributed by atoms with Gasteiger partial charge in [0.25, 0.3) is 5.91 Å². The van der Waals surface area contributed by atoms with E-state index in [0.29, 0.717) is 17.5 Å². The number of alkyl halides is 3. The van der Waals surface area contributed by atoms with Gasteiger partial charge in [0, 0.05) is 40.2 Å². The number of anilines is 2. The Morgan fingerprint density at radius 3 is 2.48 bits per heavy atom. The van der Waals surface area contributed by atoms with Crippen LogP contribution in [0.4, 0.5) is 24.5 Å². The largest absolute Gasteiger partial charge is 0.423 e. The summed E-state index contributed by atoms with van der Waals surface area (Å²) in [5.74, 6) is -0.763. The summed E-state index contributed by atoms with van der Waals surface area (Å²) < 4.78 is 44.1. The minimum atomic E-state index is -4.74. The minimum absolute atomic E-state index is 0.0941. The van der Waals surface area contributed by atoms with Crippen molar-refractivity contribution in [1.29, 1.82) is 0 Å². The van der Waals surface area contributed by atoms with Crippen LogP contribution in [-0.2, 0) is 16.7 Å². The molecule has 1 aromatic heterocycles. The van der Waals surface area contributed by atoms with Gasteiger partial charge in [-0.05, 0) is 29.8 Å². The van der Waals surface area contributed by atoms with E-state index in [1.54, 1.807) is 12.1 Å². The molecule has 2 amide bonds. The minimum Gasteiger partial charge on any atom is -0.423 e. The number of amides is 2. The fraction of sp³-hybridized carbons (Fsp3) is 0.150. The molecule has 0 aliphatic heterocycles. The summed E-state index contributed by atoms with van der Waals surface area (Å²) in [6, 6.07) is 8.43. The van der Waals surface area contributed by atoms with Gasteiger partial charge in [-0.15, -0.1) is 0 Å². The van der Waals surface area contributed by atoms with Crippen LogP contribution in [0, 0.1) is 0 Å². The molecule has 1 heterocycles. The predicted molar refractivity (Wildman–Crippen MR) is 112 cm³/mol. The maximum absolute atomic E-state index is 13.1. The van der Waals surface area contributed by atoms with Crippen molar-refractivity contribution in [1.82, 2.24) is 5.32 Å². The molecular formula is C20H16F3N3O4S. The standard InChI is InChI=1S/C20H16F3N3O4S/c21-20(22,23)14-7-18(28)30-16-6-12(3-4-13(14)16)26-17(27)8-25-19(29)10-1-2-11(9-31)15(24)5-10/h1-7,31H,8-9,24H2,(H,25,29)(H,26,27). The zero-order valence-electron chi connectivity index (χ0n) is 15.7. The van der Waals surface area contributed by atoms with Crippen LogP contribution in [0.5, 0.6) is 0 Å². The van der Waals surface area contributed by atoms with Gasteiger partial charge in [0.05, 0.1) is 12.1 Å². The highest BCUT2D eigenvalue weighted by Crippen LogP contribution is 2.34. The number of carbonyl (C=O) groups excluding carboxylic acids is 2. The first kappa shape index (κ1) is 22.2. The smallest absolute Gasteiger partial charge is 0.417 e. The van der Waals surface area contributed by atoms with E-state index in [4.69, 9.17) is 10.2 Å². The van der Waals surface area contributed by atoms with Crippen molar-refractivity contribution >= 4 is 46.8 Å². The maximum atomic E-state index is 13.1. The number of benzene rings is 2. The molecule has 0 aliphatic rings. The van der Waals surface area contributed by atoms with Crippen LogP contribution in [0.15, 0.2) is 51.7 Å². The van der Waals surface area contributed by atoms with E-state index in [1.165, 1.54) is 12.1 Å². The van der Waals surface area contributed by atoms with Crippen LogP contribution in [0.2, 0.25) is 0 Å². The first-order valence-electron chi connectivity index (χ1n) is 8.81. The highest BCUT2D eigenvalue weighted by Gasteiger charge is 2.33. The van der Waals surface area contributed by atoms with Gasteiger partial charge in [-0.2, -0.15) is 25.8 Å². The van der Waals surface area contributed by atoms with Crippen LogP contribution in [-0.4, -0.2) is 18.4 Å². The summed E-state index contributed by atoms with van der Waals surface area (Å²) >= 11 is 4.12. The van der Waals surface area contributed by atoms with Crippen molar-refractivity contribution in [3.63, 3.8) is 0 Å². The number of fused-ring (bicyclic) bond motifs is 1. The lowest BCUT2D eigenvalue weighted by atomic mass is 10.1.